The van der Waals surface area contributed by atoms with Crippen LogP contribution in [0.3, 0.4) is 0 Å². The molecule has 3 aliphatic carbocycles. The van der Waals surface area contributed by atoms with Gasteiger partial charge in [-0.1, -0.05) is 27.7 Å². The topological polar surface area (TPSA) is 51.2 Å². The van der Waals surface area contributed by atoms with Crippen molar-refractivity contribution in [3.05, 3.63) is 11.1 Å². The summed E-state index contributed by atoms with van der Waals surface area (Å²) in [6, 6.07) is 0. The predicted octanol–water partition coefficient (Wildman–Crippen LogP) is 3.90. The van der Waals surface area contributed by atoms with E-state index >= 15 is 0 Å². The third kappa shape index (κ3) is 1.98. The number of ketones is 2. The summed E-state index contributed by atoms with van der Waals surface area (Å²) in [5, 5.41) is 0. The van der Waals surface area contributed by atoms with Gasteiger partial charge in [0, 0.05) is 29.2 Å². The fourth-order valence-electron chi connectivity index (χ4n) is 6.44. The van der Waals surface area contributed by atoms with E-state index in [1.165, 1.54) is 0 Å². The monoisotopic (exact) mass is 316 g/mol. The Morgan fingerprint density at radius 1 is 1.09 bits per heavy atom. The van der Waals surface area contributed by atoms with Crippen LogP contribution in [0.15, 0.2) is 11.1 Å². The fraction of sp³-hybridized carbons (Fsp3) is 0.750. The van der Waals surface area contributed by atoms with Crippen LogP contribution in [0.5, 0.6) is 0 Å². The first-order valence-corrected chi connectivity index (χ1v) is 8.82. The average Bonchev–Trinajstić information content (AvgIpc) is 2.75. The number of hydrogen-bond donors (Lipinski definition) is 0. The van der Waals surface area contributed by atoms with Crippen molar-refractivity contribution in [2.24, 2.45) is 28.1 Å². The molecule has 3 fully saturated rings. The van der Waals surface area contributed by atoms with E-state index in [1.54, 1.807) is 6.92 Å². The lowest BCUT2D eigenvalue weighted by Gasteiger charge is -2.60. The van der Waals surface area contributed by atoms with Gasteiger partial charge in [-0.3, -0.25) is 14.4 Å². The van der Waals surface area contributed by atoms with Gasteiger partial charge in [-0.05, 0) is 49.0 Å². The molecule has 0 radical (unpaired) electrons. The highest BCUT2D eigenvalue weighted by atomic mass is 16.1. The van der Waals surface area contributed by atoms with Crippen molar-refractivity contribution in [2.45, 2.75) is 66.7 Å². The van der Waals surface area contributed by atoms with Gasteiger partial charge < -0.3 is 0 Å². The first-order valence-electron chi connectivity index (χ1n) is 8.82. The van der Waals surface area contributed by atoms with Crippen LogP contribution >= 0.6 is 0 Å². The predicted molar refractivity (Wildman–Crippen MR) is 88.8 cm³/mol. The molecule has 0 unspecified atom stereocenters. The van der Waals surface area contributed by atoms with Crippen molar-refractivity contribution in [1.82, 2.24) is 0 Å². The number of carbonyl (C=O) groups excluding carboxylic acids is 3. The lowest BCUT2D eigenvalue weighted by Crippen LogP contribution is -2.56. The molecule has 3 aliphatic rings. The van der Waals surface area contributed by atoms with E-state index in [9.17, 15) is 14.4 Å². The lowest BCUT2D eigenvalue weighted by atomic mass is 9.43. The summed E-state index contributed by atoms with van der Waals surface area (Å²) >= 11 is 0. The molecule has 3 heteroatoms. The Morgan fingerprint density at radius 3 is 2.35 bits per heavy atom. The molecule has 0 amide bonds. The van der Waals surface area contributed by atoms with E-state index in [2.05, 4.69) is 27.7 Å². The molecule has 23 heavy (non-hydrogen) atoms. The Hall–Kier alpha value is -1.25. The number of allylic oxidation sites excluding steroid dienone is 2. The number of carbonyl (C=O) groups is 3. The van der Waals surface area contributed by atoms with E-state index < -0.39 is 0 Å². The molecule has 0 aromatic heterocycles. The smallest absolute Gasteiger partial charge is 0.160 e. The number of Topliss-reactive ketones (excluding diaryl/α,β-unsaturated/α-hetero) is 2. The fourth-order valence-corrected chi connectivity index (χ4v) is 6.44. The van der Waals surface area contributed by atoms with Crippen LogP contribution in [0.1, 0.15) is 66.7 Å². The van der Waals surface area contributed by atoms with Crippen molar-refractivity contribution in [2.75, 3.05) is 0 Å². The minimum absolute atomic E-state index is 0.00494. The van der Waals surface area contributed by atoms with Crippen LogP contribution in [0, 0.1) is 28.1 Å². The molecule has 3 saturated carbocycles. The second-order valence-corrected chi connectivity index (χ2v) is 9.02. The highest BCUT2D eigenvalue weighted by Crippen LogP contribution is 2.68. The zero-order valence-corrected chi connectivity index (χ0v) is 15.0. The van der Waals surface area contributed by atoms with Crippen molar-refractivity contribution in [3.63, 3.8) is 0 Å². The Balaban J connectivity index is 2.11. The molecule has 3 rings (SSSR count). The Labute approximate surface area is 138 Å². The molecular weight excluding hydrogens is 288 g/mol. The van der Waals surface area contributed by atoms with Gasteiger partial charge in [0.2, 0.25) is 0 Å². The van der Waals surface area contributed by atoms with Gasteiger partial charge in [0.15, 0.2) is 5.78 Å². The number of hydrogen-bond acceptors (Lipinski definition) is 3. The molecule has 0 aliphatic heterocycles. The summed E-state index contributed by atoms with van der Waals surface area (Å²) in [7, 11) is 0. The van der Waals surface area contributed by atoms with Crippen molar-refractivity contribution < 1.29 is 14.4 Å². The molecule has 0 aromatic rings. The quantitative estimate of drug-likeness (QED) is 0.544. The van der Waals surface area contributed by atoms with Crippen molar-refractivity contribution in [3.8, 4) is 0 Å². The molecule has 0 N–H and O–H groups in total. The Kier molecular flexibility index (Phi) is 3.52. The molecule has 3 nitrogen and oxygen atoms in total. The summed E-state index contributed by atoms with van der Waals surface area (Å²) in [4.78, 5) is 36.5. The highest BCUT2D eigenvalue weighted by Gasteiger charge is 2.64. The molecule has 0 aromatic carbocycles. The van der Waals surface area contributed by atoms with Gasteiger partial charge in [-0.2, -0.15) is 0 Å². The summed E-state index contributed by atoms with van der Waals surface area (Å²) in [5.74, 6) is 1.10. The third-order valence-corrected chi connectivity index (χ3v) is 7.60. The average molecular weight is 316 g/mol. The summed E-state index contributed by atoms with van der Waals surface area (Å²) in [6.45, 7) is 10.4. The summed E-state index contributed by atoms with van der Waals surface area (Å²) in [5.41, 5.74) is 0.873. The normalized spacial score (nSPS) is 44.6. The number of rotatable bonds is 1. The first kappa shape index (κ1) is 16.6. The van der Waals surface area contributed by atoms with Gasteiger partial charge in [-0.15, -0.1) is 0 Å². The van der Waals surface area contributed by atoms with E-state index in [4.69, 9.17) is 0 Å². The van der Waals surface area contributed by atoms with Crippen LogP contribution in [0.2, 0.25) is 0 Å². The second kappa shape index (κ2) is 4.87. The molecule has 4 atom stereocenters. The molecule has 0 heterocycles. The maximum absolute atomic E-state index is 12.7. The maximum Gasteiger partial charge on any atom is 0.160 e. The van der Waals surface area contributed by atoms with E-state index in [0.29, 0.717) is 30.1 Å². The van der Waals surface area contributed by atoms with Crippen LogP contribution in [0.4, 0.5) is 0 Å². The molecule has 0 bridgehead atoms. The Bertz CT molecular complexity index is 627. The lowest BCUT2D eigenvalue weighted by molar-refractivity contribution is -0.154. The van der Waals surface area contributed by atoms with E-state index in [1.807, 2.05) is 0 Å². The number of fused-ring (bicyclic) bond motifs is 3. The zero-order valence-electron chi connectivity index (χ0n) is 15.0. The van der Waals surface area contributed by atoms with Gasteiger partial charge in [0.25, 0.3) is 0 Å². The van der Waals surface area contributed by atoms with Crippen LogP contribution in [-0.2, 0) is 14.4 Å². The minimum atomic E-state index is -0.302. The van der Waals surface area contributed by atoms with Crippen molar-refractivity contribution >= 4 is 17.9 Å². The summed E-state index contributed by atoms with van der Waals surface area (Å²) in [6.07, 6.45) is 4.73. The third-order valence-electron chi connectivity index (χ3n) is 7.60. The SMILES string of the molecule is C/C(C=O)=C1/C(=O)C[C@H]2[C@@]3(C)CCC(=O)C(C)(C)[C@@H]3CC[C@]12C. The molecule has 0 saturated heterocycles. The Morgan fingerprint density at radius 2 is 1.74 bits per heavy atom. The zero-order chi connectivity index (χ0) is 17.2. The molecule has 0 spiro atoms. The van der Waals surface area contributed by atoms with E-state index in [0.717, 1.165) is 31.1 Å². The van der Waals surface area contributed by atoms with Crippen LogP contribution in [0.25, 0.3) is 0 Å². The van der Waals surface area contributed by atoms with Gasteiger partial charge in [0.05, 0.1) is 0 Å². The van der Waals surface area contributed by atoms with Crippen LogP contribution in [-0.4, -0.2) is 17.9 Å². The largest absolute Gasteiger partial charge is 0.299 e. The highest BCUT2D eigenvalue weighted by molar-refractivity contribution is 6.04. The second-order valence-electron chi connectivity index (χ2n) is 9.02. The minimum Gasteiger partial charge on any atom is -0.299 e. The molecular formula is C20H28O3. The van der Waals surface area contributed by atoms with Crippen molar-refractivity contribution in [1.29, 1.82) is 0 Å². The first-order chi connectivity index (χ1) is 10.6. The maximum atomic E-state index is 12.7. The summed E-state index contributed by atoms with van der Waals surface area (Å²) < 4.78 is 0. The van der Waals surface area contributed by atoms with Crippen LogP contribution < -0.4 is 0 Å². The number of aldehydes is 1. The van der Waals surface area contributed by atoms with Gasteiger partial charge in [-0.25, -0.2) is 0 Å². The standard InChI is InChI=1S/C20H28O3/c1-12(11-21)17-13(22)10-15-19(4)9-7-16(23)18(2,3)14(19)6-8-20(15,17)5/h11,14-15H,6-10H2,1-5H3/b17-12+/t14-,15-,19-,20-/m0/s1. The van der Waals surface area contributed by atoms with Gasteiger partial charge >= 0.3 is 0 Å². The van der Waals surface area contributed by atoms with Gasteiger partial charge in [0.1, 0.15) is 12.1 Å². The van der Waals surface area contributed by atoms with E-state index in [-0.39, 0.29) is 27.9 Å². The molecule has 126 valence electrons.